The van der Waals surface area contributed by atoms with E-state index in [1.54, 1.807) is 32.4 Å². The molecule has 3 N–H and O–H groups in total. The lowest BCUT2D eigenvalue weighted by Crippen LogP contribution is -2.24. The monoisotopic (exact) mass is 481 g/mol. The van der Waals surface area contributed by atoms with Gasteiger partial charge in [0.1, 0.15) is 11.5 Å². The third-order valence-electron chi connectivity index (χ3n) is 4.73. The number of amides is 1. The zero-order chi connectivity index (χ0) is 23.6. The van der Waals surface area contributed by atoms with Gasteiger partial charge in [0.05, 0.1) is 25.2 Å². The third-order valence-corrected chi connectivity index (χ3v) is 6.29. The zero-order valence-electron chi connectivity index (χ0n) is 18.8. The number of thioether (sulfide) groups is 1. The zero-order valence-corrected chi connectivity index (χ0v) is 20.4. The highest BCUT2D eigenvalue weighted by atomic mass is 32.2. The SMILES string of the molecule is CCC(Sc1cccc(NC(=S)Nc2ccccc2)c1)C(=O)Nc1cc(OC)ccc1OC. The number of hydrogen-bond donors (Lipinski definition) is 3. The predicted molar refractivity (Wildman–Crippen MR) is 141 cm³/mol. The van der Waals surface area contributed by atoms with Crippen LogP contribution in [-0.2, 0) is 4.79 Å². The van der Waals surface area contributed by atoms with Gasteiger partial charge in [0.25, 0.3) is 0 Å². The minimum atomic E-state index is -0.287. The highest BCUT2D eigenvalue weighted by Gasteiger charge is 2.20. The molecular formula is C25H27N3O3S2. The first-order valence-electron chi connectivity index (χ1n) is 10.4. The second-order valence-electron chi connectivity index (χ2n) is 7.04. The van der Waals surface area contributed by atoms with Crippen LogP contribution in [-0.4, -0.2) is 30.5 Å². The Bertz CT molecular complexity index is 1090. The largest absolute Gasteiger partial charge is 0.497 e. The Balaban J connectivity index is 1.65. The van der Waals surface area contributed by atoms with Crippen LogP contribution in [0.2, 0.25) is 0 Å². The van der Waals surface area contributed by atoms with Gasteiger partial charge in [-0.15, -0.1) is 11.8 Å². The van der Waals surface area contributed by atoms with Gasteiger partial charge in [-0.2, -0.15) is 0 Å². The van der Waals surface area contributed by atoms with Crippen molar-refractivity contribution in [1.29, 1.82) is 0 Å². The highest BCUT2D eigenvalue weighted by Crippen LogP contribution is 2.32. The highest BCUT2D eigenvalue weighted by molar-refractivity contribution is 8.00. The molecule has 1 unspecified atom stereocenters. The van der Waals surface area contributed by atoms with Gasteiger partial charge in [0.2, 0.25) is 5.91 Å². The number of carbonyl (C=O) groups is 1. The first-order chi connectivity index (χ1) is 16.0. The average molecular weight is 482 g/mol. The Labute approximate surface area is 204 Å². The number of benzene rings is 3. The topological polar surface area (TPSA) is 71.6 Å². The summed E-state index contributed by atoms with van der Waals surface area (Å²) < 4.78 is 10.6. The van der Waals surface area contributed by atoms with Gasteiger partial charge < -0.3 is 25.4 Å². The number of hydrogen-bond acceptors (Lipinski definition) is 5. The van der Waals surface area contributed by atoms with Gasteiger partial charge in [-0.05, 0) is 61.1 Å². The summed E-state index contributed by atoms with van der Waals surface area (Å²) in [6.07, 6.45) is 0.661. The van der Waals surface area contributed by atoms with Crippen LogP contribution in [0.3, 0.4) is 0 Å². The molecule has 0 fully saturated rings. The van der Waals surface area contributed by atoms with E-state index in [9.17, 15) is 4.79 Å². The number of para-hydroxylation sites is 1. The maximum atomic E-state index is 13.0. The summed E-state index contributed by atoms with van der Waals surface area (Å²) in [5, 5.41) is 9.53. The van der Waals surface area contributed by atoms with Crippen LogP contribution in [0, 0.1) is 0 Å². The van der Waals surface area contributed by atoms with Crippen molar-refractivity contribution in [2.75, 3.05) is 30.2 Å². The molecule has 0 bridgehead atoms. The second-order valence-corrected chi connectivity index (χ2v) is 8.73. The molecule has 0 aliphatic rings. The Morgan fingerprint density at radius 3 is 2.33 bits per heavy atom. The molecule has 3 rings (SSSR count). The van der Waals surface area contributed by atoms with Gasteiger partial charge in [-0.25, -0.2) is 0 Å². The number of rotatable bonds is 9. The number of nitrogens with one attached hydrogen (secondary N) is 3. The fourth-order valence-electron chi connectivity index (χ4n) is 3.07. The summed E-state index contributed by atoms with van der Waals surface area (Å²) in [7, 11) is 3.15. The first kappa shape index (κ1) is 24.4. The normalized spacial score (nSPS) is 11.2. The predicted octanol–water partition coefficient (Wildman–Crippen LogP) is 6.02. The van der Waals surface area contributed by atoms with Crippen molar-refractivity contribution in [3.05, 3.63) is 72.8 Å². The summed E-state index contributed by atoms with van der Waals surface area (Å²) >= 11 is 6.91. The van der Waals surface area contributed by atoms with Crippen molar-refractivity contribution in [2.24, 2.45) is 0 Å². The number of thiocarbonyl (C=S) groups is 1. The lowest BCUT2D eigenvalue weighted by molar-refractivity contribution is -0.115. The van der Waals surface area contributed by atoms with Crippen molar-refractivity contribution < 1.29 is 14.3 Å². The first-order valence-corrected chi connectivity index (χ1v) is 11.7. The fraction of sp³-hybridized carbons (Fsp3) is 0.200. The summed E-state index contributed by atoms with van der Waals surface area (Å²) in [6.45, 7) is 1.99. The molecule has 8 heteroatoms. The number of anilines is 3. The van der Waals surface area contributed by atoms with Crippen molar-refractivity contribution in [2.45, 2.75) is 23.5 Å². The number of ether oxygens (including phenoxy) is 2. The van der Waals surface area contributed by atoms with Crippen molar-refractivity contribution in [3.63, 3.8) is 0 Å². The van der Waals surface area contributed by atoms with Crippen LogP contribution in [0.15, 0.2) is 77.7 Å². The molecule has 172 valence electrons. The van der Waals surface area contributed by atoms with Gasteiger partial charge >= 0.3 is 0 Å². The summed E-state index contributed by atoms with van der Waals surface area (Å²) in [5.41, 5.74) is 2.34. The van der Waals surface area contributed by atoms with Gasteiger partial charge in [-0.1, -0.05) is 31.2 Å². The number of carbonyl (C=O) groups excluding carboxylic acids is 1. The molecule has 3 aromatic carbocycles. The summed E-state index contributed by atoms with van der Waals surface area (Å²) in [6, 6.07) is 22.9. The quantitative estimate of drug-likeness (QED) is 0.255. The second kappa shape index (κ2) is 12.1. The van der Waals surface area contributed by atoms with E-state index in [1.807, 2.05) is 61.5 Å². The molecule has 6 nitrogen and oxygen atoms in total. The Morgan fingerprint density at radius 2 is 1.64 bits per heavy atom. The van der Waals surface area contributed by atoms with Crippen LogP contribution in [0.1, 0.15) is 13.3 Å². The Kier molecular flexibility index (Phi) is 8.97. The maximum absolute atomic E-state index is 13.0. The molecule has 0 saturated carbocycles. The third kappa shape index (κ3) is 7.13. The summed E-state index contributed by atoms with van der Waals surface area (Å²) in [4.78, 5) is 14.0. The minimum Gasteiger partial charge on any atom is -0.497 e. The molecule has 1 atom stereocenters. The summed E-state index contributed by atoms with van der Waals surface area (Å²) in [5.74, 6) is 1.12. The van der Waals surface area contributed by atoms with Crippen LogP contribution >= 0.6 is 24.0 Å². The van der Waals surface area contributed by atoms with Crippen LogP contribution < -0.4 is 25.4 Å². The van der Waals surface area contributed by atoms with Crippen LogP contribution in [0.5, 0.6) is 11.5 Å². The van der Waals surface area contributed by atoms with E-state index >= 15 is 0 Å². The Hall–Kier alpha value is -3.23. The molecule has 0 heterocycles. The average Bonchev–Trinajstić information content (AvgIpc) is 2.83. The molecule has 0 aliphatic carbocycles. The smallest absolute Gasteiger partial charge is 0.237 e. The van der Waals surface area contributed by atoms with Gasteiger partial charge in [0.15, 0.2) is 5.11 Å². The molecule has 3 aromatic rings. The van der Waals surface area contributed by atoms with Gasteiger partial charge in [0, 0.05) is 22.3 Å². The standard InChI is InChI=1S/C25H27N3O3S2/c1-4-23(24(29)28-21-16-19(30-2)13-14-22(21)31-3)33-20-12-8-11-18(15-20)27-25(32)26-17-9-6-5-7-10-17/h5-16,23H,4H2,1-3H3,(H,28,29)(H2,26,27,32). The fourth-order valence-corrected chi connectivity index (χ4v) is 4.32. The van der Waals surface area contributed by atoms with E-state index in [2.05, 4.69) is 16.0 Å². The molecule has 0 aromatic heterocycles. The molecular weight excluding hydrogens is 454 g/mol. The molecule has 0 aliphatic heterocycles. The van der Waals surface area contributed by atoms with E-state index in [0.29, 0.717) is 28.7 Å². The molecule has 1 amide bonds. The molecule has 0 radical (unpaired) electrons. The van der Waals surface area contributed by atoms with Crippen LogP contribution in [0.25, 0.3) is 0 Å². The lowest BCUT2D eigenvalue weighted by Gasteiger charge is -2.17. The van der Waals surface area contributed by atoms with Crippen molar-refractivity contribution in [3.8, 4) is 11.5 Å². The van der Waals surface area contributed by atoms with E-state index in [1.165, 1.54) is 11.8 Å². The van der Waals surface area contributed by atoms with Crippen LogP contribution in [0.4, 0.5) is 17.1 Å². The molecule has 0 spiro atoms. The van der Waals surface area contributed by atoms with Gasteiger partial charge in [-0.3, -0.25) is 4.79 Å². The Morgan fingerprint density at radius 1 is 0.909 bits per heavy atom. The number of methoxy groups -OCH3 is 2. The molecule has 0 saturated heterocycles. The maximum Gasteiger partial charge on any atom is 0.237 e. The molecule has 33 heavy (non-hydrogen) atoms. The van der Waals surface area contributed by atoms with E-state index in [-0.39, 0.29) is 11.2 Å². The lowest BCUT2D eigenvalue weighted by atomic mass is 10.2. The minimum absolute atomic E-state index is 0.103. The van der Waals surface area contributed by atoms with Crippen molar-refractivity contribution in [1.82, 2.24) is 0 Å². The van der Waals surface area contributed by atoms with E-state index in [4.69, 9.17) is 21.7 Å². The van der Waals surface area contributed by atoms with E-state index < -0.39 is 0 Å². The van der Waals surface area contributed by atoms with Crippen molar-refractivity contribution >= 4 is 52.1 Å². The van der Waals surface area contributed by atoms with E-state index in [0.717, 1.165) is 16.3 Å².